The van der Waals surface area contributed by atoms with Crippen LogP contribution in [0.3, 0.4) is 0 Å². The second-order valence-electron chi connectivity index (χ2n) is 2.21. The third kappa shape index (κ3) is 93.2. The number of rotatable bonds is 2. The summed E-state index contributed by atoms with van der Waals surface area (Å²) in [6.07, 6.45) is 0. The molecule has 0 heterocycles. The Morgan fingerprint density at radius 1 is 1.06 bits per heavy atom. The van der Waals surface area contributed by atoms with E-state index in [0.29, 0.717) is 0 Å². The van der Waals surface area contributed by atoms with Crippen molar-refractivity contribution in [2.45, 2.75) is 13.8 Å². The fourth-order valence-electron chi connectivity index (χ4n) is 0.335. The van der Waals surface area contributed by atoms with Crippen LogP contribution in [0.15, 0.2) is 0 Å². The molecule has 104 valence electrons. The van der Waals surface area contributed by atoms with Gasteiger partial charge in [-0.1, -0.05) is 0 Å². The molecular weight excluding hydrogens is 288 g/mol. The Hall–Kier alpha value is -0.490. The first-order valence-corrected chi connectivity index (χ1v) is 6.56. The van der Waals surface area contributed by atoms with Gasteiger partial charge >= 0.3 is 10.4 Å². The summed E-state index contributed by atoms with van der Waals surface area (Å²) < 4.78 is 31.6. The normalized spacial score (nSPS) is 8.82. The van der Waals surface area contributed by atoms with Gasteiger partial charge in [0.05, 0.1) is 0 Å². The highest BCUT2D eigenvalue weighted by Crippen LogP contribution is 1.67. The highest BCUT2D eigenvalue weighted by atomic mass is 32.3. The summed E-state index contributed by atoms with van der Waals surface area (Å²) >= 11 is 7.30. The SMILES string of the molecule is CCNC(=N)S.CCNC(=N)S.O=S(=O)(O)O. The lowest BCUT2D eigenvalue weighted by Gasteiger charge is -1.91. The molecule has 11 heteroatoms. The lowest BCUT2D eigenvalue weighted by molar-refractivity contribution is 0.381. The van der Waals surface area contributed by atoms with Gasteiger partial charge in [-0.2, -0.15) is 8.42 Å². The predicted octanol–water partition coefficient (Wildman–Crippen LogP) is 0.268. The van der Waals surface area contributed by atoms with E-state index in [0.717, 1.165) is 13.1 Å². The molecule has 0 aromatic rings. The first kappa shape index (κ1) is 21.8. The molecule has 0 radical (unpaired) electrons. The molecule has 0 aliphatic carbocycles. The van der Waals surface area contributed by atoms with Gasteiger partial charge in [-0.15, -0.1) is 25.3 Å². The lowest BCUT2D eigenvalue weighted by atomic mass is 10.8. The number of hydrogen-bond acceptors (Lipinski definition) is 4. The zero-order valence-electron chi connectivity index (χ0n) is 9.43. The van der Waals surface area contributed by atoms with E-state index < -0.39 is 10.4 Å². The molecule has 0 rings (SSSR count). The van der Waals surface area contributed by atoms with Gasteiger partial charge in [0, 0.05) is 13.1 Å². The molecular formula is C6H18N4O4S3. The Balaban J connectivity index is -0.000000174. The maximum atomic E-state index is 8.74. The van der Waals surface area contributed by atoms with E-state index in [2.05, 4.69) is 35.9 Å². The van der Waals surface area contributed by atoms with Crippen molar-refractivity contribution < 1.29 is 17.5 Å². The van der Waals surface area contributed by atoms with Crippen LogP contribution in [0.5, 0.6) is 0 Å². The van der Waals surface area contributed by atoms with Gasteiger partial charge in [0.25, 0.3) is 0 Å². The van der Waals surface area contributed by atoms with Crippen molar-refractivity contribution in [3.8, 4) is 0 Å². The molecule has 0 bridgehead atoms. The van der Waals surface area contributed by atoms with Gasteiger partial charge in [0.2, 0.25) is 0 Å². The minimum atomic E-state index is -4.67. The van der Waals surface area contributed by atoms with Gasteiger partial charge in [-0.05, 0) is 13.8 Å². The van der Waals surface area contributed by atoms with Crippen molar-refractivity contribution in [1.82, 2.24) is 10.6 Å². The molecule has 0 aromatic carbocycles. The molecule has 0 atom stereocenters. The third-order valence-corrected chi connectivity index (χ3v) is 1.00. The van der Waals surface area contributed by atoms with Crippen LogP contribution >= 0.6 is 25.3 Å². The first-order valence-electron chi connectivity index (χ1n) is 4.27. The van der Waals surface area contributed by atoms with Crippen molar-refractivity contribution >= 4 is 46.0 Å². The minimum absolute atomic E-state index is 0.234. The van der Waals surface area contributed by atoms with Gasteiger partial charge in [0.1, 0.15) is 0 Å². The molecule has 0 saturated heterocycles. The number of nitrogens with one attached hydrogen (secondary N) is 4. The summed E-state index contributed by atoms with van der Waals surface area (Å²) in [6, 6.07) is 0. The van der Waals surface area contributed by atoms with Crippen LogP contribution in [0.2, 0.25) is 0 Å². The Bertz CT molecular complexity index is 282. The van der Waals surface area contributed by atoms with Crippen LogP contribution in [0.25, 0.3) is 0 Å². The quantitative estimate of drug-likeness (QED) is 0.159. The van der Waals surface area contributed by atoms with Gasteiger partial charge in [-0.3, -0.25) is 19.9 Å². The fraction of sp³-hybridized carbons (Fsp3) is 0.667. The Labute approximate surface area is 112 Å². The van der Waals surface area contributed by atoms with Gasteiger partial charge in [-0.25, -0.2) is 0 Å². The Morgan fingerprint density at radius 3 is 1.24 bits per heavy atom. The molecule has 0 aliphatic rings. The maximum Gasteiger partial charge on any atom is 0.394 e. The summed E-state index contributed by atoms with van der Waals surface area (Å²) in [5, 5.41) is 19.1. The van der Waals surface area contributed by atoms with Crippen LogP contribution in [0, 0.1) is 10.8 Å². The second-order valence-corrected chi connectivity index (χ2v) is 4.00. The lowest BCUT2D eigenvalue weighted by Crippen LogP contribution is -2.15. The molecule has 6 N–H and O–H groups in total. The van der Waals surface area contributed by atoms with Gasteiger partial charge in [0.15, 0.2) is 10.3 Å². The summed E-state index contributed by atoms with van der Waals surface area (Å²) in [5.41, 5.74) is 0. The van der Waals surface area contributed by atoms with Crippen LogP contribution in [-0.4, -0.2) is 40.9 Å². The summed E-state index contributed by atoms with van der Waals surface area (Å²) in [4.78, 5) is 0. The molecule has 0 aromatic heterocycles. The van der Waals surface area contributed by atoms with E-state index in [1.54, 1.807) is 0 Å². The average molecular weight is 306 g/mol. The Kier molecular flexibility index (Phi) is 17.4. The largest absolute Gasteiger partial charge is 0.394 e. The van der Waals surface area contributed by atoms with E-state index in [1.807, 2.05) is 13.8 Å². The molecule has 17 heavy (non-hydrogen) atoms. The molecule has 0 spiro atoms. The van der Waals surface area contributed by atoms with E-state index >= 15 is 0 Å². The molecule has 0 fully saturated rings. The zero-order chi connectivity index (χ0) is 14.5. The zero-order valence-corrected chi connectivity index (χ0v) is 12.0. The van der Waals surface area contributed by atoms with Crippen LogP contribution < -0.4 is 10.6 Å². The van der Waals surface area contributed by atoms with Crippen LogP contribution in [-0.2, 0) is 10.4 Å². The Morgan fingerprint density at radius 2 is 1.24 bits per heavy atom. The topological polar surface area (TPSA) is 146 Å². The standard InChI is InChI=1S/2C3H8N2S.H2O4S/c2*1-2-5-3(4)6;1-5(2,3)4/h2*2H2,1H3,(H3,4,5,6);(H2,1,2,3,4). The molecule has 8 nitrogen and oxygen atoms in total. The van der Waals surface area contributed by atoms with Gasteiger partial charge < -0.3 is 10.6 Å². The molecule has 0 unspecified atom stereocenters. The molecule has 0 saturated carbocycles. The van der Waals surface area contributed by atoms with Crippen molar-refractivity contribution in [2.24, 2.45) is 0 Å². The third-order valence-electron chi connectivity index (χ3n) is 0.688. The minimum Gasteiger partial charge on any atom is -0.366 e. The predicted molar refractivity (Wildman–Crippen MR) is 75.0 cm³/mol. The first-order chi connectivity index (χ1) is 7.54. The van der Waals surface area contributed by atoms with Crippen molar-refractivity contribution in [2.75, 3.05) is 13.1 Å². The molecule has 0 aliphatic heterocycles. The van der Waals surface area contributed by atoms with Crippen molar-refractivity contribution in [1.29, 1.82) is 10.8 Å². The van der Waals surface area contributed by atoms with Crippen molar-refractivity contribution in [3.05, 3.63) is 0 Å². The smallest absolute Gasteiger partial charge is 0.366 e. The summed E-state index contributed by atoms with van der Waals surface area (Å²) in [7, 11) is -4.67. The summed E-state index contributed by atoms with van der Waals surface area (Å²) in [6.45, 7) is 5.40. The van der Waals surface area contributed by atoms with Crippen LogP contribution in [0.1, 0.15) is 13.8 Å². The van der Waals surface area contributed by atoms with E-state index in [1.165, 1.54) is 0 Å². The highest BCUT2D eigenvalue weighted by molar-refractivity contribution is 7.96. The number of hydrogen-bond donors (Lipinski definition) is 8. The van der Waals surface area contributed by atoms with Crippen molar-refractivity contribution in [3.63, 3.8) is 0 Å². The van der Waals surface area contributed by atoms with E-state index in [4.69, 9.17) is 28.3 Å². The number of thiol groups is 2. The number of amidine groups is 2. The maximum absolute atomic E-state index is 8.74. The fourth-order valence-corrected chi connectivity index (χ4v) is 0.651. The van der Waals surface area contributed by atoms with Crippen LogP contribution in [0.4, 0.5) is 0 Å². The van der Waals surface area contributed by atoms with E-state index in [9.17, 15) is 0 Å². The molecule has 0 amide bonds. The highest BCUT2D eigenvalue weighted by Gasteiger charge is 1.84. The van der Waals surface area contributed by atoms with E-state index in [-0.39, 0.29) is 10.3 Å². The average Bonchev–Trinajstić information content (AvgIpc) is 2.00. The summed E-state index contributed by atoms with van der Waals surface area (Å²) in [5.74, 6) is 0. The monoisotopic (exact) mass is 306 g/mol. The second kappa shape index (κ2) is 13.6.